The van der Waals surface area contributed by atoms with Gasteiger partial charge in [0.2, 0.25) is 29.5 Å². The van der Waals surface area contributed by atoms with Crippen LogP contribution in [0, 0.1) is 38.5 Å². The van der Waals surface area contributed by atoms with Gasteiger partial charge >= 0.3 is 23.9 Å². The lowest BCUT2D eigenvalue weighted by atomic mass is 9.87. The van der Waals surface area contributed by atoms with Gasteiger partial charge in [0.25, 0.3) is 0 Å². The van der Waals surface area contributed by atoms with E-state index in [0.29, 0.717) is 152 Å². The number of carbonyl (C=O) groups excluding carboxylic acids is 4. The lowest BCUT2D eigenvalue weighted by Crippen LogP contribution is -2.28. The standard InChI is InChI=1S/C32H38N2O5.C31H36N2O5.C24H26N2O4.C8H14O2/c1-22-28(33-32(39-22)25-11-7-4-8-12-25)17-18-38-29-15-13-24(14-16-31(36)37-2)26-20-34(21-27(26)29)30(35)19-23-9-5-3-6-10-23;1-21-27(32-31(38-21)24-10-6-3-7-11-24)16-17-37-28-14-12-23(13-15-30(35)36)25-19-33(20-26(25)28)29(34)18-22-8-4-2-5-9-22;1-16-21(26-24(30-16)18-6-4-3-5-7-18)12-13-29-22-10-8-17(9-11-23(27)28-2)19-14-25-15-20(19)22;9-8(10)6-7-4-2-1-3-5-7/h4,7-8,11-13,15,23H,3,5-6,9-10,14,16-21H2,1-2H3;3,6-7,10-12,14,22H,2,4-5,8-9,13,15-20H2,1H3,(H,35,36);3-8,10,25H,9,11-15H2,1-2H3;7H,1-6H2,(H,9,10). The first-order chi connectivity index (χ1) is 56.9. The molecular weight excluding hydrogens is 1480 g/mol. The van der Waals surface area contributed by atoms with Gasteiger partial charge < -0.3 is 62.3 Å². The average Bonchev–Trinajstić information content (AvgIpc) is 1.65. The van der Waals surface area contributed by atoms with Gasteiger partial charge in [-0.1, -0.05) is 131 Å². The summed E-state index contributed by atoms with van der Waals surface area (Å²) in [5.74, 6) is 6.69. The highest BCUT2D eigenvalue weighted by Crippen LogP contribution is 2.40. The molecule has 3 aliphatic heterocycles. The molecule has 0 saturated heterocycles. The molecule has 3 aliphatic carbocycles. The molecule has 2 amide bonds. The molecule has 620 valence electrons. The highest BCUT2D eigenvalue weighted by molar-refractivity contribution is 5.79. The number of oxazole rings is 3. The van der Waals surface area contributed by atoms with E-state index in [0.717, 1.165) is 153 Å². The molecule has 0 spiro atoms. The van der Waals surface area contributed by atoms with Crippen LogP contribution in [0.15, 0.2) is 141 Å². The predicted molar refractivity (Wildman–Crippen MR) is 444 cm³/mol. The van der Waals surface area contributed by atoms with Crippen LogP contribution in [0.1, 0.15) is 219 Å². The third-order valence-electron chi connectivity index (χ3n) is 23.5. The average molecular weight is 1600 g/mol. The number of nitrogens with zero attached hydrogens (tertiary/aromatic N) is 5. The van der Waals surface area contributed by atoms with Crippen LogP contribution >= 0.6 is 0 Å². The summed E-state index contributed by atoms with van der Waals surface area (Å²) >= 11 is 0. The zero-order valence-corrected chi connectivity index (χ0v) is 68.7. The third-order valence-corrected chi connectivity index (χ3v) is 23.5. The van der Waals surface area contributed by atoms with Crippen molar-refractivity contribution in [2.75, 3.05) is 34.0 Å². The first kappa shape index (κ1) is 85.5. The summed E-state index contributed by atoms with van der Waals surface area (Å²) in [6.45, 7) is 10.9. The van der Waals surface area contributed by atoms with E-state index in [1.54, 1.807) is 0 Å². The first-order valence-corrected chi connectivity index (χ1v) is 42.1. The van der Waals surface area contributed by atoms with Crippen LogP contribution in [0.25, 0.3) is 34.4 Å². The SMILES string of the molecule is COC(=O)CCc1ccc(OCCc2nc(-c3ccccc3)oc2C)c2c1CN(C(=O)CC1CCCCC1)C2.COC(=O)CCc1ccc(OCCc2nc(-c3ccccc3)oc2C)c2c1CNC2.Cc1oc(-c2ccccc2)nc1CCOc1ccc(CCC(=O)O)c2c1CN(C(=O)CC1CCCCC1)C2.O=C(O)CC1CCCCC1. The number of methoxy groups -OCH3 is 2. The molecule has 3 fully saturated rings. The molecule has 9 aromatic rings. The van der Waals surface area contributed by atoms with Crippen molar-refractivity contribution >= 4 is 35.7 Å². The number of hydrogen-bond donors (Lipinski definition) is 3. The largest absolute Gasteiger partial charge is 0.493 e. The second-order valence-electron chi connectivity index (χ2n) is 31.7. The number of carboxylic acid groups (broad SMARTS) is 2. The van der Waals surface area contributed by atoms with E-state index >= 15 is 0 Å². The molecule has 3 aromatic heterocycles. The van der Waals surface area contributed by atoms with E-state index in [9.17, 15) is 33.9 Å². The first-order valence-electron chi connectivity index (χ1n) is 42.1. The summed E-state index contributed by atoms with van der Waals surface area (Å²) in [6, 6.07) is 41.6. The molecule has 0 unspecified atom stereocenters. The van der Waals surface area contributed by atoms with Crippen molar-refractivity contribution in [3.8, 4) is 51.6 Å². The second kappa shape index (κ2) is 42.8. The van der Waals surface area contributed by atoms with Gasteiger partial charge in [0.05, 0.1) is 51.1 Å². The Kier molecular flexibility index (Phi) is 31.3. The molecule has 6 heterocycles. The number of carbonyl (C=O) groups is 6. The Morgan fingerprint density at radius 3 is 1.06 bits per heavy atom. The number of aromatic nitrogens is 3. The zero-order chi connectivity index (χ0) is 82.0. The molecule has 15 rings (SSSR count). The Balaban J connectivity index is 0.000000153. The van der Waals surface area contributed by atoms with Crippen LogP contribution < -0.4 is 19.5 Å². The van der Waals surface area contributed by atoms with Gasteiger partial charge in [-0.15, -0.1) is 0 Å². The minimum Gasteiger partial charge on any atom is -0.493 e. The van der Waals surface area contributed by atoms with Gasteiger partial charge in [-0.3, -0.25) is 28.8 Å². The Hall–Kier alpha value is -10.9. The molecule has 22 heteroatoms. The number of fused-ring (bicyclic) bond motifs is 3. The number of ether oxygens (including phenoxy) is 5. The number of aryl methyl sites for hydroxylation is 6. The van der Waals surface area contributed by atoms with Crippen molar-refractivity contribution in [3.63, 3.8) is 0 Å². The number of esters is 2. The number of carboxylic acids is 2. The molecule has 0 atom stereocenters. The minimum absolute atomic E-state index is 0.0673. The molecule has 3 N–H and O–H groups in total. The number of hydrogen-bond acceptors (Lipinski definition) is 18. The van der Waals surface area contributed by atoms with Crippen LogP contribution in [0.5, 0.6) is 17.2 Å². The summed E-state index contributed by atoms with van der Waals surface area (Å²) < 4.78 is 45.9. The van der Waals surface area contributed by atoms with E-state index in [-0.39, 0.29) is 30.2 Å². The van der Waals surface area contributed by atoms with Crippen LogP contribution in [0.3, 0.4) is 0 Å². The number of aliphatic carboxylic acids is 2. The summed E-state index contributed by atoms with van der Waals surface area (Å²) in [6.07, 6.45) is 24.0. The maximum atomic E-state index is 13.3. The lowest BCUT2D eigenvalue weighted by Gasteiger charge is -2.24. The fraction of sp³-hybridized carbons (Fsp3) is 0.463. The van der Waals surface area contributed by atoms with E-state index in [1.165, 1.54) is 88.7 Å². The Labute approximate surface area is 686 Å². The van der Waals surface area contributed by atoms with Gasteiger partial charge in [-0.2, -0.15) is 0 Å². The van der Waals surface area contributed by atoms with Crippen molar-refractivity contribution in [2.24, 2.45) is 17.8 Å². The highest BCUT2D eigenvalue weighted by Gasteiger charge is 2.33. The van der Waals surface area contributed by atoms with Gasteiger partial charge in [0.15, 0.2) is 0 Å². The van der Waals surface area contributed by atoms with Gasteiger partial charge in [0.1, 0.15) is 34.5 Å². The fourth-order valence-electron chi connectivity index (χ4n) is 16.9. The molecule has 117 heavy (non-hydrogen) atoms. The highest BCUT2D eigenvalue weighted by atomic mass is 16.5. The van der Waals surface area contributed by atoms with E-state index in [2.05, 4.69) is 21.4 Å². The van der Waals surface area contributed by atoms with Gasteiger partial charge in [0, 0.05) is 130 Å². The third kappa shape index (κ3) is 24.2. The smallest absolute Gasteiger partial charge is 0.305 e. The van der Waals surface area contributed by atoms with Crippen LogP contribution in [-0.2, 0) is 116 Å². The molecule has 22 nitrogen and oxygen atoms in total. The second-order valence-corrected chi connectivity index (χ2v) is 31.7. The molecule has 0 bridgehead atoms. The number of rotatable bonds is 30. The monoisotopic (exact) mass is 1590 g/mol. The fourth-order valence-corrected chi connectivity index (χ4v) is 16.9. The van der Waals surface area contributed by atoms with Crippen molar-refractivity contribution in [3.05, 3.63) is 212 Å². The van der Waals surface area contributed by atoms with Crippen molar-refractivity contribution in [1.82, 2.24) is 30.1 Å². The lowest BCUT2D eigenvalue weighted by molar-refractivity contribution is -0.141. The van der Waals surface area contributed by atoms with Gasteiger partial charge in [-0.05, 0) is 184 Å². The van der Waals surface area contributed by atoms with Crippen LogP contribution in [-0.4, -0.2) is 105 Å². The summed E-state index contributed by atoms with van der Waals surface area (Å²) in [7, 11) is 2.83. The minimum atomic E-state index is -0.819. The maximum absolute atomic E-state index is 13.3. The predicted octanol–water partition coefficient (Wildman–Crippen LogP) is 18.3. The Morgan fingerprint density at radius 1 is 0.385 bits per heavy atom. The number of amides is 2. The molecule has 3 saturated carbocycles. The maximum Gasteiger partial charge on any atom is 0.305 e. The number of nitrogens with one attached hydrogen (secondary N) is 1. The molecule has 6 aliphatic rings. The van der Waals surface area contributed by atoms with E-state index in [1.807, 2.05) is 152 Å². The van der Waals surface area contributed by atoms with E-state index in [4.69, 9.17) is 47.0 Å². The molecule has 6 aromatic carbocycles. The van der Waals surface area contributed by atoms with Crippen LogP contribution in [0.2, 0.25) is 0 Å². The van der Waals surface area contributed by atoms with Crippen LogP contribution in [0.4, 0.5) is 0 Å². The molecule has 0 radical (unpaired) electrons. The summed E-state index contributed by atoms with van der Waals surface area (Å²) in [4.78, 5) is 89.1. The number of benzene rings is 6. The topological polar surface area (TPSA) is 286 Å². The normalized spacial score (nSPS) is 15.1. The Morgan fingerprint density at radius 2 is 0.709 bits per heavy atom. The van der Waals surface area contributed by atoms with Crippen molar-refractivity contribution in [2.45, 2.75) is 233 Å². The Bertz CT molecular complexity index is 4780. The van der Waals surface area contributed by atoms with Crippen molar-refractivity contribution < 1.29 is 75.9 Å². The summed E-state index contributed by atoms with van der Waals surface area (Å²) in [5.41, 5.74) is 15.4. The zero-order valence-electron chi connectivity index (χ0n) is 68.7. The van der Waals surface area contributed by atoms with E-state index < -0.39 is 11.9 Å². The van der Waals surface area contributed by atoms with Crippen molar-refractivity contribution in [1.29, 1.82) is 0 Å². The quantitative estimate of drug-likeness (QED) is 0.0353. The summed E-state index contributed by atoms with van der Waals surface area (Å²) in [5, 5.41) is 21.1. The molecular formula is C95H114N6O16. The van der Waals surface area contributed by atoms with Gasteiger partial charge in [-0.25, -0.2) is 15.0 Å².